The highest BCUT2D eigenvalue weighted by Gasteiger charge is 2.15. The van der Waals surface area contributed by atoms with Crippen molar-refractivity contribution in [3.05, 3.63) is 50.2 Å². The lowest BCUT2D eigenvalue weighted by atomic mass is 10.1. The summed E-state index contributed by atoms with van der Waals surface area (Å²) in [6, 6.07) is 3.12. The molecule has 0 bridgehead atoms. The summed E-state index contributed by atoms with van der Waals surface area (Å²) in [5.74, 6) is 0. The molecule has 92 valence electrons. The number of carbonyl (C=O) groups is 1. The Morgan fingerprint density at radius 3 is 2.33 bits per heavy atom. The van der Waals surface area contributed by atoms with Crippen molar-refractivity contribution < 1.29 is 4.79 Å². The molecule has 0 aliphatic carbocycles. The molecule has 0 saturated heterocycles. The van der Waals surface area contributed by atoms with E-state index in [1.807, 2.05) is 0 Å². The molecule has 0 spiro atoms. The second-order valence-corrected chi connectivity index (χ2v) is 5.04. The molecule has 0 unspecified atom stereocenters. The summed E-state index contributed by atoms with van der Waals surface area (Å²) in [5, 5.41) is 1.07. The van der Waals surface area contributed by atoms with Gasteiger partial charge in [-0.3, -0.25) is 9.78 Å². The summed E-state index contributed by atoms with van der Waals surface area (Å²) in [5.41, 5.74) is 1.53. The van der Waals surface area contributed by atoms with Gasteiger partial charge < -0.3 is 0 Å². The highest BCUT2D eigenvalue weighted by atomic mass is 35.5. The predicted molar refractivity (Wildman–Crippen MR) is 75.1 cm³/mol. The van der Waals surface area contributed by atoms with E-state index in [-0.39, 0.29) is 15.1 Å². The van der Waals surface area contributed by atoms with Gasteiger partial charge in [0.2, 0.25) is 0 Å². The second-order valence-electron chi connectivity index (χ2n) is 3.47. The van der Waals surface area contributed by atoms with Crippen LogP contribution >= 0.6 is 46.4 Å². The number of hydrogen-bond acceptors (Lipinski definition) is 2. The maximum Gasteiger partial charge on any atom is 0.151 e. The van der Waals surface area contributed by atoms with Crippen molar-refractivity contribution in [3.63, 3.8) is 0 Å². The molecule has 0 saturated carbocycles. The van der Waals surface area contributed by atoms with Crippen LogP contribution in [0.1, 0.15) is 10.4 Å². The van der Waals surface area contributed by atoms with Crippen molar-refractivity contribution >= 4 is 52.7 Å². The van der Waals surface area contributed by atoms with Crippen LogP contribution in [0.2, 0.25) is 20.1 Å². The zero-order valence-corrected chi connectivity index (χ0v) is 11.8. The van der Waals surface area contributed by atoms with Crippen LogP contribution in [0, 0.1) is 0 Å². The van der Waals surface area contributed by atoms with E-state index in [1.165, 1.54) is 12.3 Å². The summed E-state index contributed by atoms with van der Waals surface area (Å²) in [4.78, 5) is 14.7. The first-order valence-electron chi connectivity index (χ1n) is 4.78. The summed E-state index contributed by atoms with van der Waals surface area (Å²) in [6.45, 7) is 0. The molecule has 1 heterocycles. The molecule has 1 aromatic carbocycles. The fourth-order valence-corrected chi connectivity index (χ4v) is 2.62. The number of aromatic nitrogens is 1. The molecule has 0 radical (unpaired) electrons. The van der Waals surface area contributed by atoms with E-state index in [0.29, 0.717) is 28.0 Å². The zero-order valence-electron chi connectivity index (χ0n) is 8.75. The molecule has 0 amide bonds. The van der Waals surface area contributed by atoms with Crippen molar-refractivity contribution in [3.8, 4) is 11.1 Å². The minimum Gasteiger partial charge on any atom is -0.298 e. The largest absolute Gasteiger partial charge is 0.298 e. The molecule has 0 aliphatic rings. The van der Waals surface area contributed by atoms with Gasteiger partial charge in [-0.25, -0.2) is 0 Å². The fraction of sp³-hybridized carbons (Fsp3) is 0. The third-order valence-corrected chi connectivity index (χ3v) is 3.86. The molecule has 2 nitrogen and oxygen atoms in total. The molecule has 2 rings (SSSR count). The molecule has 0 atom stereocenters. The molecule has 1 aromatic heterocycles. The normalized spacial score (nSPS) is 10.4. The number of benzene rings is 1. The van der Waals surface area contributed by atoms with Gasteiger partial charge in [0, 0.05) is 29.1 Å². The molecule has 0 fully saturated rings. The summed E-state index contributed by atoms with van der Waals surface area (Å²) >= 11 is 24.0. The van der Waals surface area contributed by atoms with Crippen LogP contribution in [0.3, 0.4) is 0 Å². The van der Waals surface area contributed by atoms with E-state index in [1.54, 1.807) is 12.3 Å². The molecule has 18 heavy (non-hydrogen) atoms. The quantitative estimate of drug-likeness (QED) is 0.434. The lowest BCUT2D eigenvalue weighted by Crippen LogP contribution is -1.88. The minimum absolute atomic E-state index is 0.217. The predicted octanol–water partition coefficient (Wildman–Crippen LogP) is 5.17. The van der Waals surface area contributed by atoms with Gasteiger partial charge in [-0.2, -0.15) is 0 Å². The van der Waals surface area contributed by atoms with Crippen molar-refractivity contribution in [2.45, 2.75) is 0 Å². The minimum atomic E-state index is 0.217. The van der Waals surface area contributed by atoms with Gasteiger partial charge in [0.25, 0.3) is 0 Å². The maximum atomic E-state index is 10.7. The molecule has 2 aromatic rings. The second kappa shape index (κ2) is 5.45. The molecular formula is C12H5Cl4NO. The van der Waals surface area contributed by atoms with E-state index < -0.39 is 0 Å². The zero-order chi connectivity index (χ0) is 13.3. The van der Waals surface area contributed by atoms with E-state index >= 15 is 0 Å². The summed E-state index contributed by atoms with van der Waals surface area (Å²) in [6.07, 6.45) is 3.68. The highest BCUT2D eigenvalue weighted by molar-refractivity contribution is 6.51. The van der Waals surface area contributed by atoms with Gasteiger partial charge in [0.1, 0.15) is 0 Å². The van der Waals surface area contributed by atoms with Crippen LogP contribution in [0.15, 0.2) is 24.5 Å². The number of hydrogen-bond donors (Lipinski definition) is 0. The van der Waals surface area contributed by atoms with Crippen molar-refractivity contribution in [1.29, 1.82) is 0 Å². The smallest absolute Gasteiger partial charge is 0.151 e. The number of pyridine rings is 1. The van der Waals surface area contributed by atoms with E-state index in [9.17, 15) is 4.79 Å². The number of halogens is 4. The van der Waals surface area contributed by atoms with Crippen molar-refractivity contribution in [1.82, 2.24) is 4.98 Å². The van der Waals surface area contributed by atoms with Gasteiger partial charge in [-0.1, -0.05) is 46.4 Å². The Hall–Kier alpha value is -0.800. The molecule has 6 heteroatoms. The van der Waals surface area contributed by atoms with Gasteiger partial charge in [-0.05, 0) is 12.1 Å². The van der Waals surface area contributed by atoms with Crippen LogP contribution in [0.4, 0.5) is 0 Å². The topological polar surface area (TPSA) is 30.0 Å². The highest BCUT2D eigenvalue weighted by Crippen LogP contribution is 2.42. The third-order valence-electron chi connectivity index (χ3n) is 2.30. The number of rotatable bonds is 2. The monoisotopic (exact) mass is 319 g/mol. The fourth-order valence-electron chi connectivity index (χ4n) is 1.49. The van der Waals surface area contributed by atoms with E-state index in [4.69, 9.17) is 46.4 Å². The van der Waals surface area contributed by atoms with Gasteiger partial charge in [0.05, 0.1) is 20.1 Å². The Morgan fingerprint density at radius 2 is 1.67 bits per heavy atom. The van der Waals surface area contributed by atoms with E-state index in [0.717, 1.165) is 0 Å². The van der Waals surface area contributed by atoms with Gasteiger partial charge in [-0.15, -0.1) is 0 Å². The Kier molecular flexibility index (Phi) is 4.13. The number of aldehydes is 1. The van der Waals surface area contributed by atoms with Crippen LogP contribution < -0.4 is 0 Å². The van der Waals surface area contributed by atoms with Gasteiger partial charge in [0.15, 0.2) is 6.29 Å². The van der Waals surface area contributed by atoms with Crippen LogP contribution in [0.5, 0.6) is 0 Å². The van der Waals surface area contributed by atoms with Crippen LogP contribution in [-0.4, -0.2) is 11.3 Å². The van der Waals surface area contributed by atoms with Crippen LogP contribution in [0.25, 0.3) is 11.1 Å². The Labute approximate surface area is 123 Å². The Morgan fingerprint density at radius 1 is 0.944 bits per heavy atom. The summed E-state index contributed by atoms with van der Waals surface area (Å²) < 4.78 is 0. The Balaban J connectivity index is 2.70. The first-order chi connectivity index (χ1) is 8.54. The van der Waals surface area contributed by atoms with Crippen molar-refractivity contribution in [2.75, 3.05) is 0 Å². The molecular weight excluding hydrogens is 316 g/mol. The average Bonchev–Trinajstić information content (AvgIpc) is 2.36. The van der Waals surface area contributed by atoms with Crippen LogP contribution in [-0.2, 0) is 0 Å². The lowest BCUT2D eigenvalue weighted by Gasteiger charge is -2.10. The van der Waals surface area contributed by atoms with Crippen molar-refractivity contribution in [2.24, 2.45) is 0 Å². The maximum absolute atomic E-state index is 10.7. The average molecular weight is 321 g/mol. The number of carbonyl (C=O) groups excluding carboxylic acids is 1. The van der Waals surface area contributed by atoms with Gasteiger partial charge >= 0.3 is 0 Å². The third kappa shape index (κ3) is 2.47. The first-order valence-corrected chi connectivity index (χ1v) is 6.29. The molecule has 0 aliphatic heterocycles. The Bertz CT molecular complexity index is 628. The first kappa shape index (κ1) is 13.6. The standard InChI is InChI=1S/C12H5Cl4NO/c13-8-2-9(14)11(15)12(16)10(8)7-1-6(5-18)3-17-4-7/h1-5H. The van der Waals surface area contributed by atoms with E-state index in [2.05, 4.69) is 4.98 Å². The molecule has 0 N–H and O–H groups in total. The summed E-state index contributed by atoms with van der Waals surface area (Å²) in [7, 11) is 0. The lowest BCUT2D eigenvalue weighted by molar-refractivity contribution is 0.112. The SMILES string of the molecule is O=Cc1cncc(-c2c(Cl)cc(Cl)c(Cl)c2Cl)c1. The number of nitrogens with zero attached hydrogens (tertiary/aromatic N) is 1.